The minimum Gasteiger partial charge on any atom is -0.438 e. The first-order chi connectivity index (χ1) is 17.2. The highest BCUT2D eigenvalue weighted by atomic mass is 32.2. The largest absolute Gasteiger partial charge is 0.438 e. The Labute approximate surface area is 211 Å². The Balaban J connectivity index is 1.52. The van der Waals surface area contributed by atoms with Crippen molar-refractivity contribution in [1.82, 2.24) is 19.2 Å². The minimum atomic E-state index is -3.71. The Morgan fingerprint density at radius 2 is 1.75 bits per heavy atom. The lowest BCUT2D eigenvalue weighted by Crippen LogP contribution is -2.45. The fraction of sp³-hybridized carbons (Fsp3) is 0.385. The van der Waals surface area contributed by atoms with Crippen molar-refractivity contribution in [3.63, 3.8) is 0 Å². The van der Waals surface area contributed by atoms with Gasteiger partial charge in [0.05, 0.1) is 16.2 Å². The Kier molecular flexibility index (Phi) is 6.67. The second kappa shape index (κ2) is 9.76. The summed E-state index contributed by atoms with van der Waals surface area (Å²) in [5.74, 6) is 1.01. The molecule has 36 heavy (non-hydrogen) atoms. The lowest BCUT2D eigenvalue weighted by atomic mass is 10.1. The fourth-order valence-electron chi connectivity index (χ4n) is 4.50. The van der Waals surface area contributed by atoms with Crippen molar-refractivity contribution in [2.24, 2.45) is 0 Å². The van der Waals surface area contributed by atoms with Crippen LogP contribution in [0, 0.1) is 19.7 Å². The Bertz CT molecular complexity index is 1390. The zero-order chi connectivity index (χ0) is 25.4. The maximum atomic E-state index is 13.9. The van der Waals surface area contributed by atoms with Crippen LogP contribution in [-0.4, -0.2) is 67.4 Å². The topological polar surface area (TPSA) is 78.9 Å². The number of anilines is 1. The number of hydrogen-bond acceptors (Lipinski definition) is 7. The third-order valence-electron chi connectivity index (χ3n) is 6.73. The summed E-state index contributed by atoms with van der Waals surface area (Å²) in [6, 6.07) is 11.4. The summed E-state index contributed by atoms with van der Waals surface area (Å²) < 4.78 is 48.4. The highest BCUT2D eigenvalue weighted by Crippen LogP contribution is 2.34. The molecule has 0 spiro atoms. The number of likely N-dealkylation sites (N-methyl/N-ethyl adjacent to an activating group) is 1. The van der Waals surface area contributed by atoms with Crippen LogP contribution in [0.1, 0.15) is 22.4 Å². The predicted octanol–water partition coefficient (Wildman–Crippen LogP) is 3.52. The van der Waals surface area contributed by atoms with Gasteiger partial charge in [0, 0.05) is 45.7 Å². The zero-order valence-electron chi connectivity index (χ0n) is 20.7. The summed E-state index contributed by atoms with van der Waals surface area (Å²) in [6.07, 6.45) is 0.447. The number of hydrogen-bond donors (Lipinski definition) is 0. The fourth-order valence-corrected chi connectivity index (χ4v) is 6.02. The molecule has 0 unspecified atom stereocenters. The summed E-state index contributed by atoms with van der Waals surface area (Å²) in [4.78, 5) is 14.2. The Hall–Kier alpha value is -3.08. The van der Waals surface area contributed by atoms with Crippen LogP contribution in [0.25, 0.3) is 0 Å². The van der Waals surface area contributed by atoms with Gasteiger partial charge in [0.2, 0.25) is 21.9 Å². The summed E-state index contributed by atoms with van der Waals surface area (Å²) in [6.45, 7) is 7.34. The average molecular weight is 512 g/mol. The number of ether oxygens (including phenoxy) is 1. The third kappa shape index (κ3) is 4.93. The number of rotatable bonds is 5. The highest BCUT2D eigenvalue weighted by molar-refractivity contribution is 7.89. The van der Waals surface area contributed by atoms with Gasteiger partial charge in [-0.3, -0.25) is 0 Å². The molecule has 1 saturated heterocycles. The van der Waals surface area contributed by atoms with Crippen LogP contribution in [0.4, 0.5) is 10.3 Å². The standard InChI is InChI=1S/C26H30FN5O3S/c1-18-5-4-6-21(15-18)36(33,34)32-10-9-24-22(17-32)25(35-20-7-8-23(27)19(2)16-20)29-26(28-24)31-13-11-30(3)12-14-31/h4-8,15-16H,9-14,17H2,1-3H3. The first-order valence-electron chi connectivity index (χ1n) is 12.0. The number of benzene rings is 2. The number of nitrogens with zero attached hydrogens (tertiary/aromatic N) is 5. The van der Waals surface area contributed by atoms with Crippen LogP contribution in [-0.2, 0) is 23.0 Å². The number of aryl methyl sites for hydroxylation is 2. The molecule has 8 nitrogen and oxygen atoms in total. The molecule has 2 aromatic carbocycles. The molecule has 0 atom stereocenters. The summed E-state index contributed by atoms with van der Waals surface area (Å²) in [7, 11) is -1.63. The van der Waals surface area contributed by atoms with E-state index in [9.17, 15) is 12.8 Å². The Morgan fingerprint density at radius 1 is 0.972 bits per heavy atom. The highest BCUT2D eigenvalue weighted by Gasteiger charge is 2.33. The normalized spacial score (nSPS) is 17.2. The molecule has 3 heterocycles. The quantitative estimate of drug-likeness (QED) is 0.519. The molecule has 0 N–H and O–H groups in total. The number of fused-ring (bicyclic) bond motifs is 1. The van der Waals surface area contributed by atoms with Gasteiger partial charge in [0.1, 0.15) is 11.6 Å². The van der Waals surface area contributed by atoms with Crippen LogP contribution in [0.3, 0.4) is 0 Å². The van der Waals surface area contributed by atoms with Crippen molar-refractivity contribution >= 4 is 16.0 Å². The number of sulfonamides is 1. The molecule has 1 fully saturated rings. The molecule has 10 heteroatoms. The molecular formula is C26H30FN5O3S. The lowest BCUT2D eigenvalue weighted by Gasteiger charge is -2.34. The molecule has 0 aliphatic carbocycles. The van der Waals surface area contributed by atoms with Gasteiger partial charge >= 0.3 is 0 Å². The van der Waals surface area contributed by atoms with Gasteiger partial charge in [0.15, 0.2) is 0 Å². The Morgan fingerprint density at radius 3 is 2.47 bits per heavy atom. The molecule has 3 aromatic rings. The summed E-state index contributed by atoms with van der Waals surface area (Å²) >= 11 is 0. The second-order valence-electron chi connectivity index (χ2n) is 9.46. The van der Waals surface area contributed by atoms with Gasteiger partial charge in [-0.1, -0.05) is 12.1 Å². The summed E-state index contributed by atoms with van der Waals surface area (Å²) in [5, 5.41) is 0. The SMILES string of the molecule is Cc1cccc(S(=O)(=O)N2CCc3nc(N4CCN(C)CC4)nc(Oc4ccc(F)c(C)c4)c3C2)c1. The van der Waals surface area contributed by atoms with E-state index in [1.165, 1.54) is 10.4 Å². The van der Waals surface area contributed by atoms with Crippen molar-refractivity contribution in [1.29, 1.82) is 0 Å². The van der Waals surface area contributed by atoms with Gasteiger partial charge < -0.3 is 14.5 Å². The van der Waals surface area contributed by atoms with Gasteiger partial charge in [-0.2, -0.15) is 9.29 Å². The lowest BCUT2D eigenvalue weighted by molar-refractivity contribution is 0.310. The molecule has 5 rings (SSSR count). The molecule has 1 aromatic heterocycles. The van der Waals surface area contributed by atoms with Crippen molar-refractivity contribution in [2.45, 2.75) is 31.7 Å². The molecule has 0 amide bonds. The molecular weight excluding hydrogens is 481 g/mol. The van der Waals surface area contributed by atoms with Gasteiger partial charge in [0.25, 0.3) is 0 Å². The monoisotopic (exact) mass is 511 g/mol. The van der Waals surface area contributed by atoms with Crippen molar-refractivity contribution in [3.8, 4) is 11.6 Å². The van der Waals surface area contributed by atoms with E-state index in [4.69, 9.17) is 14.7 Å². The van der Waals surface area contributed by atoms with Gasteiger partial charge in [-0.05, 0) is 62.4 Å². The van der Waals surface area contributed by atoms with E-state index in [1.54, 1.807) is 37.3 Å². The maximum Gasteiger partial charge on any atom is 0.243 e. The van der Waals surface area contributed by atoms with Crippen LogP contribution in [0.15, 0.2) is 47.4 Å². The molecule has 2 aliphatic heterocycles. The van der Waals surface area contributed by atoms with E-state index in [1.807, 2.05) is 13.0 Å². The smallest absolute Gasteiger partial charge is 0.243 e. The van der Waals surface area contributed by atoms with Crippen molar-refractivity contribution in [2.75, 3.05) is 44.7 Å². The van der Waals surface area contributed by atoms with E-state index < -0.39 is 10.0 Å². The molecule has 0 bridgehead atoms. The predicted molar refractivity (Wildman–Crippen MR) is 135 cm³/mol. The van der Waals surface area contributed by atoms with E-state index >= 15 is 0 Å². The summed E-state index contributed by atoms with van der Waals surface area (Å²) in [5.41, 5.74) is 2.75. The van der Waals surface area contributed by atoms with E-state index in [0.717, 1.165) is 37.4 Å². The van der Waals surface area contributed by atoms with Crippen molar-refractivity contribution in [3.05, 3.63) is 70.7 Å². The van der Waals surface area contributed by atoms with Crippen LogP contribution in [0.2, 0.25) is 0 Å². The maximum absolute atomic E-state index is 13.9. The molecule has 190 valence electrons. The second-order valence-corrected chi connectivity index (χ2v) is 11.4. The van der Waals surface area contributed by atoms with Crippen LogP contribution in [0.5, 0.6) is 11.6 Å². The molecule has 2 aliphatic rings. The minimum absolute atomic E-state index is 0.101. The van der Waals surface area contributed by atoms with E-state index in [0.29, 0.717) is 41.7 Å². The molecule has 0 radical (unpaired) electrons. The number of aromatic nitrogens is 2. The van der Waals surface area contributed by atoms with Gasteiger partial charge in [-0.15, -0.1) is 0 Å². The average Bonchev–Trinajstić information content (AvgIpc) is 2.86. The first kappa shape index (κ1) is 24.6. The van der Waals surface area contributed by atoms with Crippen molar-refractivity contribution < 1.29 is 17.5 Å². The number of halogens is 1. The van der Waals surface area contributed by atoms with E-state index in [-0.39, 0.29) is 17.3 Å². The zero-order valence-corrected chi connectivity index (χ0v) is 21.6. The number of piperazine rings is 1. The third-order valence-corrected chi connectivity index (χ3v) is 8.57. The van der Waals surface area contributed by atoms with E-state index in [2.05, 4.69) is 16.8 Å². The molecule has 0 saturated carbocycles. The van der Waals surface area contributed by atoms with Crippen LogP contribution >= 0.6 is 0 Å². The van der Waals surface area contributed by atoms with Crippen LogP contribution < -0.4 is 9.64 Å². The first-order valence-corrected chi connectivity index (χ1v) is 13.5. The van der Waals surface area contributed by atoms with Gasteiger partial charge in [-0.25, -0.2) is 17.8 Å².